The topological polar surface area (TPSA) is 107 Å². The van der Waals surface area contributed by atoms with E-state index in [0.29, 0.717) is 0 Å². The number of hydrogen-bond donors (Lipinski definition) is 4. The molecule has 0 fully saturated rings. The van der Waals surface area contributed by atoms with Crippen molar-refractivity contribution < 1.29 is 24.9 Å². The molecule has 4 N–H and O–H groups in total. The van der Waals surface area contributed by atoms with Gasteiger partial charge in [0.05, 0.1) is 12.7 Å². The number of carbonyl (C=O) groups excluding carboxylic acids is 2. The number of hydrogen-bond acceptors (Lipinski definition) is 5. The van der Waals surface area contributed by atoms with Gasteiger partial charge in [-0.1, -0.05) is 0 Å². The standard InChI is InChI=1S/C7H13NO5/c1-4(11)6(8-3-10)7(13)5(12)2-9/h3-6,9,11-12H,2H2,1H3,(H,8,10)/t4-,5-,6-/m1/s1. The summed E-state index contributed by atoms with van der Waals surface area (Å²) in [6, 6.07) is -1.18. The summed E-state index contributed by atoms with van der Waals surface area (Å²) in [5.74, 6) is -0.815. The Morgan fingerprint density at radius 2 is 2.08 bits per heavy atom. The molecule has 6 nitrogen and oxygen atoms in total. The maximum Gasteiger partial charge on any atom is 0.207 e. The van der Waals surface area contributed by atoms with E-state index in [1.807, 2.05) is 5.32 Å². The lowest BCUT2D eigenvalue weighted by molar-refractivity contribution is -0.135. The molecule has 0 saturated carbocycles. The smallest absolute Gasteiger partial charge is 0.207 e. The molecule has 0 radical (unpaired) electrons. The van der Waals surface area contributed by atoms with Gasteiger partial charge in [-0.3, -0.25) is 9.59 Å². The van der Waals surface area contributed by atoms with Gasteiger partial charge in [0.15, 0.2) is 5.78 Å². The molecule has 3 atom stereocenters. The molecule has 0 aromatic carbocycles. The van der Waals surface area contributed by atoms with Crippen molar-refractivity contribution in [2.75, 3.05) is 6.61 Å². The Hall–Kier alpha value is -0.980. The van der Waals surface area contributed by atoms with Crippen LogP contribution in [-0.2, 0) is 9.59 Å². The first kappa shape index (κ1) is 12.0. The molecule has 6 heteroatoms. The molecule has 0 aromatic rings. The molecule has 0 unspecified atom stereocenters. The lowest BCUT2D eigenvalue weighted by Crippen LogP contribution is -2.49. The van der Waals surface area contributed by atoms with E-state index in [2.05, 4.69) is 0 Å². The monoisotopic (exact) mass is 191 g/mol. The van der Waals surface area contributed by atoms with E-state index in [9.17, 15) is 9.59 Å². The molecule has 1 amide bonds. The van der Waals surface area contributed by atoms with Crippen molar-refractivity contribution in [3.05, 3.63) is 0 Å². The Morgan fingerprint density at radius 1 is 1.54 bits per heavy atom. The Morgan fingerprint density at radius 3 is 2.38 bits per heavy atom. The number of nitrogens with one attached hydrogen (secondary N) is 1. The highest BCUT2D eigenvalue weighted by Crippen LogP contribution is 1.98. The number of ketones is 1. The number of carbonyl (C=O) groups is 2. The number of amides is 1. The van der Waals surface area contributed by atoms with Crippen LogP contribution < -0.4 is 5.32 Å². The quantitative estimate of drug-likeness (QED) is 0.344. The lowest BCUT2D eigenvalue weighted by atomic mass is 10.0. The van der Waals surface area contributed by atoms with Crippen LogP contribution >= 0.6 is 0 Å². The highest BCUT2D eigenvalue weighted by Gasteiger charge is 2.27. The number of rotatable bonds is 6. The first-order valence-electron chi connectivity index (χ1n) is 3.75. The third-order valence-corrected chi connectivity index (χ3v) is 1.54. The summed E-state index contributed by atoms with van der Waals surface area (Å²) in [6.45, 7) is 0.561. The van der Waals surface area contributed by atoms with Gasteiger partial charge in [0.1, 0.15) is 12.1 Å². The molecule has 0 aromatic heterocycles. The van der Waals surface area contributed by atoms with E-state index in [-0.39, 0.29) is 6.41 Å². The molecule has 13 heavy (non-hydrogen) atoms. The van der Waals surface area contributed by atoms with Gasteiger partial charge in [-0.05, 0) is 6.92 Å². The molecule has 0 spiro atoms. The molecular formula is C7H13NO5. The van der Waals surface area contributed by atoms with Crippen LogP contribution in [0, 0.1) is 0 Å². The van der Waals surface area contributed by atoms with Crippen molar-refractivity contribution in [2.24, 2.45) is 0 Å². The number of Topliss-reactive ketones (excluding diaryl/α,β-unsaturated/α-hetero) is 1. The minimum absolute atomic E-state index is 0.249. The zero-order valence-corrected chi connectivity index (χ0v) is 7.17. The highest BCUT2D eigenvalue weighted by atomic mass is 16.3. The maximum absolute atomic E-state index is 11.1. The summed E-state index contributed by atoms with van der Waals surface area (Å²) in [5.41, 5.74) is 0. The largest absolute Gasteiger partial charge is 0.393 e. The van der Waals surface area contributed by atoms with Crippen LogP contribution in [0.1, 0.15) is 6.92 Å². The summed E-state index contributed by atoms with van der Waals surface area (Å²) < 4.78 is 0. The van der Waals surface area contributed by atoms with E-state index >= 15 is 0 Å². The van der Waals surface area contributed by atoms with E-state index in [1.54, 1.807) is 0 Å². The third kappa shape index (κ3) is 3.49. The van der Waals surface area contributed by atoms with Crippen LogP contribution in [0.4, 0.5) is 0 Å². The average Bonchev–Trinajstić information content (AvgIpc) is 2.11. The van der Waals surface area contributed by atoms with Crippen molar-refractivity contribution in [3.8, 4) is 0 Å². The Kier molecular flexibility index (Phi) is 5.20. The first-order valence-corrected chi connectivity index (χ1v) is 3.75. The molecular weight excluding hydrogens is 178 g/mol. The predicted octanol–water partition coefficient (Wildman–Crippen LogP) is -2.60. The Labute approximate surface area is 75.2 Å². The molecule has 0 aliphatic heterocycles. The first-order chi connectivity index (χ1) is 6.04. The fourth-order valence-electron chi connectivity index (χ4n) is 0.830. The Balaban J connectivity index is 4.35. The number of aliphatic hydroxyl groups excluding tert-OH is 3. The van der Waals surface area contributed by atoms with Crippen LogP contribution in [0.5, 0.6) is 0 Å². The normalized spacial score (nSPS) is 17.2. The molecule has 0 heterocycles. The van der Waals surface area contributed by atoms with Gasteiger partial charge in [0, 0.05) is 0 Å². The third-order valence-electron chi connectivity index (χ3n) is 1.54. The van der Waals surface area contributed by atoms with Crippen molar-refractivity contribution in [1.29, 1.82) is 0 Å². The van der Waals surface area contributed by atoms with Gasteiger partial charge in [-0.2, -0.15) is 0 Å². The lowest BCUT2D eigenvalue weighted by Gasteiger charge is -2.19. The molecule has 0 saturated heterocycles. The fourth-order valence-corrected chi connectivity index (χ4v) is 0.830. The molecule has 0 aliphatic rings. The van der Waals surface area contributed by atoms with E-state index in [4.69, 9.17) is 15.3 Å². The fraction of sp³-hybridized carbons (Fsp3) is 0.714. The van der Waals surface area contributed by atoms with Crippen molar-refractivity contribution in [1.82, 2.24) is 5.32 Å². The van der Waals surface area contributed by atoms with Gasteiger partial charge in [-0.25, -0.2) is 0 Å². The Bertz CT molecular complexity index is 182. The van der Waals surface area contributed by atoms with E-state index in [0.717, 1.165) is 0 Å². The van der Waals surface area contributed by atoms with Gasteiger partial charge in [0.25, 0.3) is 0 Å². The number of aliphatic hydroxyl groups is 3. The minimum atomic E-state index is -1.58. The predicted molar refractivity (Wildman–Crippen MR) is 42.8 cm³/mol. The molecule has 76 valence electrons. The second kappa shape index (κ2) is 5.63. The van der Waals surface area contributed by atoms with E-state index in [1.165, 1.54) is 6.92 Å². The van der Waals surface area contributed by atoms with Crippen LogP contribution in [0.2, 0.25) is 0 Å². The van der Waals surface area contributed by atoms with Gasteiger partial charge >= 0.3 is 0 Å². The van der Waals surface area contributed by atoms with Crippen molar-refractivity contribution in [3.63, 3.8) is 0 Å². The highest BCUT2D eigenvalue weighted by molar-refractivity contribution is 5.90. The second-order valence-corrected chi connectivity index (χ2v) is 2.60. The van der Waals surface area contributed by atoms with E-state index < -0.39 is 30.6 Å². The van der Waals surface area contributed by atoms with Crippen molar-refractivity contribution in [2.45, 2.75) is 25.2 Å². The zero-order chi connectivity index (χ0) is 10.4. The van der Waals surface area contributed by atoms with Gasteiger partial charge in [-0.15, -0.1) is 0 Å². The summed E-state index contributed by atoms with van der Waals surface area (Å²) in [7, 11) is 0. The SMILES string of the molecule is C[C@@H](O)[C@@H](NC=O)C(=O)[C@H](O)CO. The zero-order valence-electron chi connectivity index (χ0n) is 7.17. The van der Waals surface area contributed by atoms with Crippen molar-refractivity contribution >= 4 is 12.2 Å². The summed E-state index contributed by atoms with van der Waals surface area (Å²) in [6.07, 6.45) is -2.44. The molecule has 0 aliphatic carbocycles. The van der Waals surface area contributed by atoms with Crippen LogP contribution in [-0.4, -0.2) is 52.4 Å². The van der Waals surface area contributed by atoms with Gasteiger partial charge in [0.2, 0.25) is 6.41 Å². The van der Waals surface area contributed by atoms with Crippen LogP contribution in [0.25, 0.3) is 0 Å². The van der Waals surface area contributed by atoms with Crippen LogP contribution in [0.15, 0.2) is 0 Å². The second-order valence-electron chi connectivity index (χ2n) is 2.60. The molecule has 0 bridgehead atoms. The minimum Gasteiger partial charge on any atom is -0.393 e. The summed E-state index contributed by atoms with van der Waals surface area (Å²) in [4.78, 5) is 21.1. The van der Waals surface area contributed by atoms with Gasteiger partial charge < -0.3 is 20.6 Å². The molecule has 0 rings (SSSR count). The summed E-state index contributed by atoms with van der Waals surface area (Å²) >= 11 is 0. The maximum atomic E-state index is 11.1. The summed E-state index contributed by atoms with van der Waals surface area (Å²) in [5, 5.41) is 28.4. The average molecular weight is 191 g/mol. The van der Waals surface area contributed by atoms with Crippen LogP contribution in [0.3, 0.4) is 0 Å².